The lowest BCUT2D eigenvalue weighted by Gasteiger charge is -2.26. The van der Waals surface area contributed by atoms with Crippen LogP contribution in [0.5, 0.6) is 5.75 Å². The fourth-order valence-corrected chi connectivity index (χ4v) is 4.82. The van der Waals surface area contributed by atoms with Crippen LogP contribution in [0.15, 0.2) is 36.4 Å². The largest absolute Gasteiger partial charge is 0.491 e. The zero-order valence-corrected chi connectivity index (χ0v) is 21.8. The van der Waals surface area contributed by atoms with Crippen LogP contribution in [0.2, 0.25) is 0 Å². The smallest absolute Gasteiger partial charge is 0.144 e. The van der Waals surface area contributed by atoms with Crippen LogP contribution in [0, 0.1) is 13.8 Å². The Labute approximate surface area is 212 Å². The lowest BCUT2D eigenvalue weighted by Crippen LogP contribution is -2.29. The molecule has 0 saturated heterocycles. The number of hydrogen-bond acceptors (Lipinski definition) is 7. The summed E-state index contributed by atoms with van der Waals surface area (Å²) in [5, 5.41) is 0. The number of benzene rings is 2. The number of ether oxygens (including phenoxy) is 2. The Morgan fingerprint density at radius 3 is 2.67 bits per heavy atom. The number of rotatable bonds is 7. The molecular weight excluding hydrogens is 452 g/mol. The van der Waals surface area contributed by atoms with E-state index >= 15 is 0 Å². The number of aromatic nitrogens is 4. The highest BCUT2D eigenvalue weighted by molar-refractivity contribution is 5.82. The number of aromatic amines is 1. The number of nitrogens with zero attached hydrogens (tertiary/aromatic N) is 5. The topological polar surface area (TPSA) is 79.4 Å². The van der Waals surface area contributed by atoms with E-state index in [0.29, 0.717) is 26.3 Å². The van der Waals surface area contributed by atoms with E-state index in [-0.39, 0.29) is 0 Å². The highest BCUT2D eigenvalue weighted by atomic mass is 16.5. The molecule has 2 aromatic heterocycles. The number of nitrogens with one attached hydrogen (secondary N) is 1. The number of hydrogen-bond donors (Lipinski definition) is 1. The summed E-state index contributed by atoms with van der Waals surface area (Å²) < 4.78 is 11.6. The van der Waals surface area contributed by atoms with E-state index in [0.717, 1.165) is 75.2 Å². The predicted octanol–water partition coefficient (Wildman–Crippen LogP) is 4.29. The summed E-state index contributed by atoms with van der Waals surface area (Å²) in [5.74, 6) is 3.66. The minimum atomic E-state index is 0.599. The Kier molecular flexibility index (Phi) is 6.89. The maximum Gasteiger partial charge on any atom is 0.144 e. The zero-order chi connectivity index (χ0) is 25.2. The standard InChI is InChI=1S/C28H34N6O2/c1-18-23(10-12-35-5)28(32-27(29-18)17-33(3)4)34-11-13-36-26-9-7-20(14-22(26)16-34)21-6-8-24-25(15-21)31-19(2)30-24/h6-9,14-15H,10-13,16-17H2,1-5H3,(H,30,31). The summed E-state index contributed by atoms with van der Waals surface area (Å²) in [7, 11) is 5.81. The van der Waals surface area contributed by atoms with Crippen molar-refractivity contribution in [2.75, 3.05) is 45.9 Å². The van der Waals surface area contributed by atoms with Gasteiger partial charge in [-0.25, -0.2) is 15.0 Å². The van der Waals surface area contributed by atoms with Gasteiger partial charge in [0.15, 0.2) is 0 Å². The van der Waals surface area contributed by atoms with E-state index in [9.17, 15) is 0 Å². The summed E-state index contributed by atoms with van der Waals surface area (Å²) in [5.41, 5.74) is 7.63. The van der Waals surface area contributed by atoms with Gasteiger partial charge in [0.2, 0.25) is 0 Å². The molecule has 0 atom stereocenters. The molecule has 5 rings (SSSR count). The zero-order valence-electron chi connectivity index (χ0n) is 21.8. The van der Waals surface area contributed by atoms with Gasteiger partial charge in [-0.1, -0.05) is 12.1 Å². The van der Waals surface area contributed by atoms with E-state index in [1.54, 1.807) is 7.11 Å². The van der Waals surface area contributed by atoms with Crippen molar-refractivity contribution < 1.29 is 9.47 Å². The van der Waals surface area contributed by atoms with E-state index in [1.807, 2.05) is 21.0 Å². The molecule has 8 heteroatoms. The fourth-order valence-electron chi connectivity index (χ4n) is 4.82. The molecule has 8 nitrogen and oxygen atoms in total. The van der Waals surface area contributed by atoms with E-state index in [1.165, 1.54) is 0 Å². The highest BCUT2D eigenvalue weighted by Crippen LogP contribution is 2.33. The molecule has 0 unspecified atom stereocenters. The van der Waals surface area contributed by atoms with Crippen molar-refractivity contribution in [3.8, 4) is 16.9 Å². The minimum absolute atomic E-state index is 0.599. The molecule has 1 aliphatic heterocycles. The van der Waals surface area contributed by atoms with Crippen LogP contribution in [0.3, 0.4) is 0 Å². The second-order valence-electron chi connectivity index (χ2n) is 9.65. The molecule has 36 heavy (non-hydrogen) atoms. The Morgan fingerprint density at radius 2 is 1.86 bits per heavy atom. The van der Waals surface area contributed by atoms with Crippen LogP contribution in [0.25, 0.3) is 22.2 Å². The number of methoxy groups -OCH3 is 1. The van der Waals surface area contributed by atoms with Gasteiger partial charge in [-0.05, 0) is 63.3 Å². The lowest BCUT2D eigenvalue weighted by atomic mass is 10.0. The molecule has 0 amide bonds. The predicted molar refractivity (Wildman–Crippen MR) is 143 cm³/mol. The lowest BCUT2D eigenvalue weighted by molar-refractivity contribution is 0.202. The van der Waals surface area contributed by atoms with Gasteiger partial charge in [-0.15, -0.1) is 0 Å². The SMILES string of the molecule is COCCc1c(C)nc(CN(C)C)nc1N1CCOc2ccc(-c3ccc4nc(C)[nH]c4c3)cc2C1. The van der Waals surface area contributed by atoms with Crippen molar-refractivity contribution in [1.82, 2.24) is 24.8 Å². The van der Waals surface area contributed by atoms with Gasteiger partial charge < -0.3 is 24.3 Å². The van der Waals surface area contributed by atoms with Gasteiger partial charge in [0.05, 0.1) is 30.7 Å². The van der Waals surface area contributed by atoms with Gasteiger partial charge in [-0.3, -0.25) is 0 Å². The fraction of sp³-hybridized carbons (Fsp3) is 0.393. The van der Waals surface area contributed by atoms with Crippen molar-refractivity contribution in [3.63, 3.8) is 0 Å². The Bertz CT molecular complexity index is 1380. The first-order chi connectivity index (χ1) is 17.4. The first kappa shape index (κ1) is 24.2. The summed E-state index contributed by atoms with van der Waals surface area (Å²) >= 11 is 0. The van der Waals surface area contributed by atoms with E-state index in [2.05, 4.69) is 63.1 Å². The van der Waals surface area contributed by atoms with Crippen molar-refractivity contribution in [2.45, 2.75) is 33.4 Å². The normalized spacial score (nSPS) is 13.7. The third-order valence-electron chi connectivity index (χ3n) is 6.53. The van der Waals surface area contributed by atoms with Crippen LogP contribution in [-0.2, 0) is 24.2 Å². The summed E-state index contributed by atoms with van der Waals surface area (Å²) in [6.07, 6.45) is 0.772. The monoisotopic (exact) mass is 486 g/mol. The number of anilines is 1. The highest BCUT2D eigenvalue weighted by Gasteiger charge is 2.22. The maximum atomic E-state index is 6.18. The molecule has 0 fully saturated rings. The third kappa shape index (κ3) is 5.05. The molecule has 4 aromatic rings. The van der Waals surface area contributed by atoms with Crippen molar-refractivity contribution in [3.05, 3.63) is 64.9 Å². The van der Waals surface area contributed by atoms with Gasteiger partial charge in [0.1, 0.15) is 29.8 Å². The van der Waals surface area contributed by atoms with Crippen LogP contribution in [0.1, 0.15) is 28.5 Å². The van der Waals surface area contributed by atoms with Gasteiger partial charge in [0.25, 0.3) is 0 Å². The molecule has 0 bridgehead atoms. The van der Waals surface area contributed by atoms with E-state index in [4.69, 9.17) is 19.4 Å². The molecule has 188 valence electrons. The molecule has 1 aliphatic rings. The summed E-state index contributed by atoms with van der Waals surface area (Å²) in [6, 6.07) is 12.8. The van der Waals surface area contributed by atoms with Crippen molar-refractivity contribution in [1.29, 1.82) is 0 Å². The average molecular weight is 487 g/mol. The second-order valence-corrected chi connectivity index (χ2v) is 9.65. The van der Waals surface area contributed by atoms with Crippen LogP contribution in [-0.4, -0.2) is 65.8 Å². The number of fused-ring (bicyclic) bond motifs is 2. The van der Waals surface area contributed by atoms with Crippen LogP contribution in [0.4, 0.5) is 5.82 Å². The summed E-state index contributed by atoms with van der Waals surface area (Å²) in [4.78, 5) is 22.1. The second kappa shape index (κ2) is 10.2. The number of H-pyrrole nitrogens is 1. The third-order valence-corrected chi connectivity index (χ3v) is 6.53. The summed E-state index contributed by atoms with van der Waals surface area (Å²) in [6.45, 7) is 7.44. The number of imidazole rings is 1. The van der Waals surface area contributed by atoms with Crippen molar-refractivity contribution in [2.24, 2.45) is 0 Å². The Balaban J connectivity index is 1.51. The Hall–Kier alpha value is -3.49. The molecule has 2 aromatic carbocycles. The van der Waals surface area contributed by atoms with Gasteiger partial charge in [0, 0.05) is 36.9 Å². The average Bonchev–Trinajstić information content (AvgIpc) is 3.08. The molecule has 0 spiro atoms. The molecular formula is C28H34N6O2. The molecule has 0 saturated carbocycles. The van der Waals surface area contributed by atoms with Crippen LogP contribution < -0.4 is 9.64 Å². The van der Waals surface area contributed by atoms with Crippen molar-refractivity contribution >= 4 is 16.9 Å². The maximum absolute atomic E-state index is 6.18. The van der Waals surface area contributed by atoms with Crippen LogP contribution >= 0.6 is 0 Å². The van der Waals surface area contributed by atoms with Gasteiger partial charge >= 0.3 is 0 Å². The molecule has 1 N–H and O–H groups in total. The van der Waals surface area contributed by atoms with E-state index < -0.39 is 0 Å². The first-order valence-corrected chi connectivity index (χ1v) is 12.4. The first-order valence-electron chi connectivity index (χ1n) is 12.4. The van der Waals surface area contributed by atoms with Gasteiger partial charge in [-0.2, -0.15) is 0 Å². The molecule has 3 heterocycles. The molecule has 0 aliphatic carbocycles. The quantitative estimate of drug-likeness (QED) is 0.418. The molecule has 0 radical (unpaired) electrons. The minimum Gasteiger partial charge on any atom is -0.491 e. The Morgan fingerprint density at radius 1 is 1.06 bits per heavy atom. The number of aryl methyl sites for hydroxylation is 2.